The molecule has 0 aromatic heterocycles. The van der Waals surface area contributed by atoms with Crippen molar-refractivity contribution in [3.05, 3.63) is 0 Å². The van der Waals surface area contributed by atoms with Crippen LogP contribution in [0.4, 0.5) is 0 Å². The summed E-state index contributed by atoms with van der Waals surface area (Å²) < 4.78 is 67.7. The number of rotatable bonds is 64. The zero-order valence-corrected chi connectivity index (χ0v) is 55.1. The van der Waals surface area contributed by atoms with E-state index < -0.39 is 97.5 Å². The Bertz CT molecular complexity index is 1620. The first-order valence-corrected chi connectivity index (χ1v) is 36.6. The topological polar surface area (TPSA) is 237 Å². The number of carbonyl (C=O) groups excluding carboxylic acids is 4. The van der Waals surface area contributed by atoms with Gasteiger partial charge in [0.25, 0.3) is 0 Å². The zero-order valence-electron chi connectivity index (χ0n) is 53.3. The first kappa shape index (κ1) is 81.1. The molecular weight excluding hydrogens is 1100 g/mol. The molecule has 0 fully saturated rings. The summed E-state index contributed by atoms with van der Waals surface area (Å²) in [6, 6.07) is 0. The summed E-state index contributed by atoms with van der Waals surface area (Å²) >= 11 is 0. The molecule has 0 aromatic carbocycles. The second-order valence-electron chi connectivity index (χ2n) is 23.6. The highest BCUT2D eigenvalue weighted by molar-refractivity contribution is 7.47. The highest BCUT2D eigenvalue weighted by Gasteiger charge is 2.30. The Hall–Kier alpha value is -1.94. The second kappa shape index (κ2) is 57.8. The van der Waals surface area contributed by atoms with Gasteiger partial charge in [-0.2, -0.15) is 0 Å². The molecule has 3 N–H and O–H groups in total. The fourth-order valence-electron chi connectivity index (χ4n) is 9.58. The minimum absolute atomic E-state index is 0.103. The molecule has 492 valence electrons. The fraction of sp³-hybridized carbons (Fsp3) is 0.938. The molecular formula is C64H124O17P2. The molecule has 0 saturated heterocycles. The molecule has 0 radical (unpaired) electrons. The molecule has 0 rings (SSSR count). The summed E-state index contributed by atoms with van der Waals surface area (Å²) in [5, 5.41) is 10.5. The Kier molecular flexibility index (Phi) is 56.4. The molecule has 0 aliphatic carbocycles. The second-order valence-corrected chi connectivity index (χ2v) is 26.5. The molecule has 19 heteroatoms. The third kappa shape index (κ3) is 58.8. The number of phosphoric acid groups is 2. The van der Waals surface area contributed by atoms with Gasteiger partial charge in [0.15, 0.2) is 12.2 Å². The van der Waals surface area contributed by atoms with Crippen LogP contribution in [0.1, 0.15) is 324 Å². The maximum Gasteiger partial charge on any atom is 0.472 e. The Morgan fingerprint density at radius 2 is 0.554 bits per heavy atom. The summed E-state index contributed by atoms with van der Waals surface area (Å²) in [5.74, 6) is -1.38. The van der Waals surface area contributed by atoms with Gasteiger partial charge in [-0.3, -0.25) is 37.3 Å². The van der Waals surface area contributed by atoms with E-state index in [9.17, 15) is 43.2 Å². The number of aliphatic hydroxyl groups excluding tert-OH is 1. The van der Waals surface area contributed by atoms with E-state index in [1.54, 1.807) is 0 Å². The van der Waals surface area contributed by atoms with Crippen LogP contribution in [0.5, 0.6) is 0 Å². The number of aliphatic hydroxyl groups is 1. The molecule has 83 heavy (non-hydrogen) atoms. The quantitative estimate of drug-likeness (QED) is 0.0222. The first-order chi connectivity index (χ1) is 40.0. The van der Waals surface area contributed by atoms with Crippen molar-refractivity contribution in [2.45, 2.75) is 342 Å². The van der Waals surface area contributed by atoms with Crippen LogP contribution in [0.2, 0.25) is 0 Å². The van der Waals surface area contributed by atoms with Gasteiger partial charge in [-0.05, 0) is 31.6 Å². The molecule has 17 nitrogen and oxygen atoms in total. The molecule has 0 bridgehead atoms. The first-order valence-electron chi connectivity index (χ1n) is 33.6. The van der Waals surface area contributed by atoms with Crippen molar-refractivity contribution in [2.75, 3.05) is 39.6 Å². The van der Waals surface area contributed by atoms with Gasteiger partial charge in [-0.1, -0.05) is 272 Å². The molecule has 0 heterocycles. The van der Waals surface area contributed by atoms with Crippen LogP contribution in [0, 0.1) is 5.92 Å². The predicted molar refractivity (Wildman–Crippen MR) is 331 cm³/mol. The van der Waals surface area contributed by atoms with E-state index in [2.05, 4.69) is 34.6 Å². The highest BCUT2D eigenvalue weighted by Crippen LogP contribution is 2.45. The van der Waals surface area contributed by atoms with Gasteiger partial charge in [0.2, 0.25) is 0 Å². The lowest BCUT2D eigenvalue weighted by molar-refractivity contribution is -0.161. The Morgan fingerprint density at radius 3 is 0.819 bits per heavy atom. The van der Waals surface area contributed by atoms with Gasteiger partial charge in [-0.25, -0.2) is 9.13 Å². The van der Waals surface area contributed by atoms with Gasteiger partial charge < -0.3 is 33.8 Å². The molecule has 0 aliphatic heterocycles. The minimum Gasteiger partial charge on any atom is -0.462 e. The van der Waals surface area contributed by atoms with E-state index in [1.807, 2.05) is 0 Å². The average Bonchev–Trinajstić information content (AvgIpc) is 3.48. The van der Waals surface area contributed by atoms with Crippen molar-refractivity contribution >= 4 is 39.5 Å². The van der Waals surface area contributed by atoms with Crippen LogP contribution in [0.15, 0.2) is 0 Å². The Morgan fingerprint density at radius 1 is 0.325 bits per heavy atom. The van der Waals surface area contributed by atoms with Crippen LogP contribution in [-0.4, -0.2) is 96.7 Å². The normalized spacial score (nSPS) is 14.2. The number of esters is 4. The molecule has 5 atom stereocenters. The van der Waals surface area contributed by atoms with Crippen LogP contribution < -0.4 is 0 Å². The van der Waals surface area contributed by atoms with E-state index in [1.165, 1.54) is 128 Å². The van der Waals surface area contributed by atoms with Gasteiger partial charge >= 0.3 is 39.5 Å². The van der Waals surface area contributed by atoms with Crippen LogP contribution >= 0.6 is 15.6 Å². The van der Waals surface area contributed by atoms with Crippen LogP contribution in [-0.2, 0) is 65.4 Å². The van der Waals surface area contributed by atoms with E-state index in [-0.39, 0.29) is 25.7 Å². The smallest absolute Gasteiger partial charge is 0.462 e. The van der Waals surface area contributed by atoms with Gasteiger partial charge in [0, 0.05) is 25.7 Å². The predicted octanol–water partition coefficient (Wildman–Crippen LogP) is 17.8. The maximum atomic E-state index is 13.0. The van der Waals surface area contributed by atoms with Crippen LogP contribution in [0.3, 0.4) is 0 Å². The Balaban J connectivity index is 5.13. The van der Waals surface area contributed by atoms with Crippen molar-refractivity contribution < 1.29 is 80.2 Å². The van der Waals surface area contributed by atoms with Crippen LogP contribution in [0.25, 0.3) is 0 Å². The lowest BCUT2D eigenvalue weighted by atomic mass is 10.0. The number of phosphoric ester groups is 2. The van der Waals surface area contributed by atoms with E-state index in [4.69, 9.17) is 37.0 Å². The van der Waals surface area contributed by atoms with Crippen molar-refractivity contribution in [1.82, 2.24) is 0 Å². The third-order valence-electron chi connectivity index (χ3n) is 14.8. The molecule has 0 saturated carbocycles. The fourth-order valence-corrected chi connectivity index (χ4v) is 11.2. The average molecular weight is 1230 g/mol. The standard InChI is InChI=1S/C64H124O17P2/c1-6-9-12-15-17-18-19-20-21-22-23-24-27-31-35-40-45-50-64(69)81-60(54-75-62(67)48-43-38-34-30-28-25-26-29-33-37-41-46-57(4)5)56-79-83(72,73)77-52-58(65)51-76-82(70,71)78-55-59(53-74-61(66)47-42-36-14-11-8-3)80-63(68)49-44-39-32-16-13-10-7-2/h57-60,65H,6-56H2,1-5H3,(H,70,71)(H,72,73)/t58-,59+,60+/m0/s1. The van der Waals surface area contributed by atoms with E-state index in [0.29, 0.717) is 25.7 Å². The summed E-state index contributed by atoms with van der Waals surface area (Å²) in [6.07, 6.45) is 42.2. The lowest BCUT2D eigenvalue weighted by Gasteiger charge is -2.21. The largest absolute Gasteiger partial charge is 0.472 e. The summed E-state index contributed by atoms with van der Waals surface area (Å²) in [6.45, 7) is 7.07. The third-order valence-corrected chi connectivity index (χ3v) is 16.7. The molecule has 0 aliphatic rings. The molecule has 0 aromatic rings. The SMILES string of the molecule is CCCCCCCCCCCCCCCCCCCC(=O)O[C@H](COC(=O)CCCCCCCCCCCCCC(C)C)COP(=O)(O)OC[C@@H](O)COP(=O)(O)OC[C@@H](COC(=O)CCCCCCC)OC(=O)CCCCCCCCC. The van der Waals surface area contributed by atoms with E-state index >= 15 is 0 Å². The van der Waals surface area contributed by atoms with Gasteiger partial charge in [0.1, 0.15) is 19.3 Å². The number of carbonyl (C=O) groups is 4. The van der Waals surface area contributed by atoms with Crippen molar-refractivity contribution in [2.24, 2.45) is 5.92 Å². The zero-order chi connectivity index (χ0) is 61.3. The summed E-state index contributed by atoms with van der Waals surface area (Å²) in [5.41, 5.74) is 0. The molecule has 2 unspecified atom stereocenters. The van der Waals surface area contributed by atoms with Gasteiger partial charge in [-0.15, -0.1) is 0 Å². The summed E-state index contributed by atoms with van der Waals surface area (Å²) in [7, 11) is -9.87. The summed E-state index contributed by atoms with van der Waals surface area (Å²) in [4.78, 5) is 71.8. The maximum absolute atomic E-state index is 13.0. The highest BCUT2D eigenvalue weighted by atomic mass is 31.2. The number of hydrogen-bond acceptors (Lipinski definition) is 15. The molecule has 0 spiro atoms. The lowest BCUT2D eigenvalue weighted by Crippen LogP contribution is -2.30. The van der Waals surface area contributed by atoms with E-state index in [0.717, 1.165) is 115 Å². The van der Waals surface area contributed by atoms with Crippen molar-refractivity contribution in [3.8, 4) is 0 Å². The monoisotopic (exact) mass is 1230 g/mol. The number of hydrogen-bond donors (Lipinski definition) is 3. The minimum atomic E-state index is -4.94. The Labute approximate surface area is 505 Å². The van der Waals surface area contributed by atoms with Crippen molar-refractivity contribution in [1.29, 1.82) is 0 Å². The number of unbranched alkanes of at least 4 members (excludes halogenated alkanes) is 36. The molecule has 0 amide bonds. The number of ether oxygens (including phenoxy) is 4. The van der Waals surface area contributed by atoms with Crippen molar-refractivity contribution in [3.63, 3.8) is 0 Å². The van der Waals surface area contributed by atoms with Gasteiger partial charge in [0.05, 0.1) is 26.4 Å².